The summed E-state index contributed by atoms with van der Waals surface area (Å²) >= 11 is 7.79. The summed E-state index contributed by atoms with van der Waals surface area (Å²) in [6, 6.07) is 29.4. The van der Waals surface area contributed by atoms with Crippen molar-refractivity contribution in [1.82, 2.24) is 9.78 Å². The Morgan fingerprint density at radius 2 is 1.70 bits per heavy atom. The molecule has 0 aliphatic heterocycles. The number of benzene rings is 3. The van der Waals surface area contributed by atoms with Gasteiger partial charge in [-0.25, -0.2) is 9.48 Å². The fourth-order valence-electron chi connectivity index (χ4n) is 4.21. The van der Waals surface area contributed by atoms with Gasteiger partial charge >= 0.3 is 5.97 Å². The molecule has 0 spiro atoms. The number of aliphatic carboxylic acids is 1. The number of carboxylic acids is 1. The van der Waals surface area contributed by atoms with Crippen molar-refractivity contribution in [3.8, 4) is 44.4 Å². The van der Waals surface area contributed by atoms with Gasteiger partial charge in [-0.3, -0.25) is 0 Å². The summed E-state index contributed by atoms with van der Waals surface area (Å²) in [5, 5.41) is 17.3. The Morgan fingerprint density at radius 1 is 0.946 bits per heavy atom. The first-order valence-electron chi connectivity index (χ1n) is 11.9. The molecule has 186 valence electrons. The Morgan fingerprint density at radius 3 is 2.38 bits per heavy atom. The third kappa shape index (κ3) is 5.31. The molecule has 0 fully saturated rings. The first kappa shape index (κ1) is 24.8. The van der Waals surface area contributed by atoms with E-state index in [9.17, 15) is 9.90 Å². The molecule has 5 aromatic rings. The number of thiophene rings is 1. The number of carbonyl (C=O) groups is 1. The largest absolute Gasteiger partial charge is 0.478 e. The first-order valence-corrected chi connectivity index (χ1v) is 13.2. The van der Waals surface area contributed by atoms with E-state index in [0.29, 0.717) is 10.8 Å². The molecule has 0 radical (unpaired) electrons. The molecule has 7 heteroatoms. The molecule has 0 aliphatic rings. The highest BCUT2D eigenvalue weighted by molar-refractivity contribution is 7.13. The van der Waals surface area contributed by atoms with E-state index in [4.69, 9.17) is 21.4 Å². The van der Waals surface area contributed by atoms with E-state index >= 15 is 0 Å². The molecule has 5 rings (SSSR count). The second kappa shape index (κ2) is 10.6. The van der Waals surface area contributed by atoms with Crippen molar-refractivity contribution in [3.63, 3.8) is 0 Å². The van der Waals surface area contributed by atoms with Crippen LogP contribution in [0.25, 0.3) is 38.6 Å². The van der Waals surface area contributed by atoms with Crippen molar-refractivity contribution < 1.29 is 14.6 Å². The predicted octanol–water partition coefficient (Wildman–Crippen LogP) is 8.08. The fourth-order valence-corrected chi connectivity index (χ4v) is 5.06. The molecule has 3 aromatic carbocycles. The van der Waals surface area contributed by atoms with Crippen molar-refractivity contribution in [2.24, 2.45) is 5.92 Å². The number of carboxylic acid groups (broad SMARTS) is 1. The van der Waals surface area contributed by atoms with Gasteiger partial charge in [0.05, 0.1) is 22.0 Å². The van der Waals surface area contributed by atoms with Crippen molar-refractivity contribution in [3.05, 3.63) is 101 Å². The Bertz CT molecular complexity index is 1520. The summed E-state index contributed by atoms with van der Waals surface area (Å²) in [4.78, 5) is 12.8. The Hall–Kier alpha value is -3.87. The maximum absolute atomic E-state index is 11.7. The molecular formula is C30H25ClN2O3S. The van der Waals surface area contributed by atoms with Crippen LogP contribution < -0.4 is 4.74 Å². The van der Waals surface area contributed by atoms with E-state index in [1.54, 1.807) is 17.4 Å². The van der Waals surface area contributed by atoms with Gasteiger partial charge < -0.3 is 9.84 Å². The molecule has 0 amide bonds. The molecule has 0 saturated carbocycles. The lowest BCUT2D eigenvalue weighted by Gasteiger charge is -2.19. The molecule has 1 atom stereocenters. The van der Waals surface area contributed by atoms with Crippen LogP contribution in [0, 0.1) is 5.92 Å². The van der Waals surface area contributed by atoms with E-state index in [1.807, 2.05) is 91.3 Å². The summed E-state index contributed by atoms with van der Waals surface area (Å²) in [6.45, 7) is 3.67. The average Bonchev–Trinajstić information content (AvgIpc) is 3.58. The van der Waals surface area contributed by atoms with Crippen LogP contribution >= 0.6 is 22.9 Å². The van der Waals surface area contributed by atoms with Gasteiger partial charge in [-0.15, -0.1) is 11.3 Å². The maximum atomic E-state index is 11.7. The lowest BCUT2D eigenvalue weighted by Crippen LogP contribution is -2.32. The lowest BCUT2D eigenvalue weighted by molar-refractivity contribution is -0.147. The second-order valence-electron chi connectivity index (χ2n) is 8.97. The van der Waals surface area contributed by atoms with Gasteiger partial charge in [-0.05, 0) is 65.0 Å². The smallest absolute Gasteiger partial charge is 0.345 e. The fraction of sp³-hybridized carbons (Fsp3) is 0.133. The Labute approximate surface area is 224 Å². The Balaban J connectivity index is 1.59. The van der Waals surface area contributed by atoms with Crippen molar-refractivity contribution in [2.45, 2.75) is 20.0 Å². The van der Waals surface area contributed by atoms with Gasteiger partial charge in [-0.2, -0.15) is 5.10 Å². The highest BCUT2D eigenvalue weighted by Crippen LogP contribution is 2.37. The highest BCUT2D eigenvalue weighted by Gasteiger charge is 2.24. The summed E-state index contributed by atoms with van der Waals surface area (Å²) < 4.78 is 7.79. The number of aromatic nitrogens is 2. The zero-order valence-corrected chi connectivity index (χ0v) is 21.9. The third-order valence-electron chi connectivity index (χ3n) is 6.01. The van der Waals surface area contributed by atoms with Crippen LogP contribution in [0.2, 0.25) is 5.02 Å². The maximum Gasteiger partial charge on any atom is 0.345 e. The number of nitrogens with zero attached hydrogens (tertiary/aromatic N) is 2. The van der Waals surface area contributed by atoms with Crippen LogP contribution in [-0.2, 0) is 4.79 Å². The van der Waals surface area contributed by atoms with E-state index in [-0.39, 0.29) is 5.92 Å². The predicted molar refractivity (Wildman–Crippen MR) is 150 cm³/mol. The standard InChI is InChI=1S/C30H25ClN2O3S/c1-19(2)29(30(34)35)36-23-8-5-7-20(17-23)24-9-3-4-10-25(24)26-18-27(28-11-6-16-37-28)33(32-26)22-14-12-21(31)13-15-22/h3-19,29H,1-2H3,(H,34,35). The van der Waals surface area contributed by atoms with Crippen LogP contribution in [0.4, 0.5) is 0 Å². The SMILES string of the molecule is CC(C)C(Oc1cccc(-c2ccccc2-c2cc(-c3cccs3)n(-c3ccc(Cl)cc3)n2)c1)C(=O)O. The summed E-state index contributed by atoms with van der Waals surface area (Å²) in [5.74, 6) is -0.630. The second-order valence-corrected chi connectivity index (χ2v) is 10.4. The summed E-state index contributed by atoms with van der Waals surface area (Å²) in [6.07, 6.45) is -0.922. The van der Waals surface area contributed by atoms with Crippen LogP contribution in [0.15, 0.2) is 96.4 Å². The topological polar surface area (TPSA) is 64.4 Å². The molecule has 0 aliphatic carbocycles. The number of rotatable bonds is 8. The molecule has 1 N–H and O–H groups in total. The number of ether oxygens (including phenoxy) is 1. The van der Waals surface area contributed by atoms with Gasteiger partial charge in [0.2, 0.25) is 0 Å². The van der Waals surface area contributed by atoms with E-state index in [2.05, 4.69) is 17.5 Å². The van der Waals surface area contributed by atoms with E-state index < -0.39 is 12.1 Å². The number of halogens is 1. The normalized spacial score (nSPS) is 12.0. The molecule has 5 nitrogen and oxygen atoms in total. The third-order valence-corrected chi connectivity index (χ3v) is 7.16. The highest BCUT2D eigenvalue weighted by atomic mass is 35.5. The van der Waals surface area contributed by atoms with Crippen molar-refractivity contribution >= 4 is 28.9 Å². The molecule has 0 bridgehead atoms. The lowest BCUT2D eigenvalue weighted by atomic mass is 9.97. The van der Waals surface area contributed by atoms with Gasteiger partial charge in [-0.1, -0.05) is 67.9 Å². The first-order chi connectivity index (χ1) is 17.9. The molecule has 2 heterocycles. The quantitative estimate of drug-likeness (QED) is 0.221. The minimum atomic E-state index is -0.977. The minimum Gasteiger partial charge on any atom is -0.478 e. The molecule has 1 unspecified atom stereocenters. The Kier molecular flexibility index (Phi) is 7.12. The van der Waals surface area contributed by atoms with Crippen LogP contribution in [-0.4, -0.2) is 27.0 Å². The number of hydrogen-bond acceptors (Lipinski definition) is 4. The zero-order chi connectivity index (χ0) is 25.9. The van der Waals surface area contributed by atoms with Crippen LogP contribution in [0.1, 0.15) is 13.8 Å². The van der Waals surface area contributed by atoms with E-state index in [0.717, 1.165) is 38.6 Å². The van der Waals surface area contributed by atoms with Gasteiger partial charge in [0, 0.05) is 16.5 Å². The average molecular weight is 529 g/mol. The van der Waals surface area contributed by atoms with Gasteiger partial charge in [0.1, 0.15) is 5.75 Å². The monoisotopic (exact) mass is 528 g/mol. The van der Waals surface area contributed by atoms with E-state index in [1.165, 1.54) is 0 Å². The number of hydrogen-bond donors (Lipinski definition) is 1. The molecular weight excluding hydrogens is 504 g/mol. The summed E-state index contributed by atoms with van der Waals surface area (Å²) in [5.41, 5.74) is 5.58. The van der Waals surface area contributed by atoms with Gasteiger partial charge in [0.15, 0.2) is 6.10 Å². The van der Waals surface area contributed by atoms with Crippen LogP contribution in [0.3, 0.4) is 0 Å². The zero-order valence-electron chi connectivity index (χ0n) is 20.3. The molecule has 37 heavy (non-hydrogen) atoms. The van der Waals surface area contributed by atoms with Crippen LogP contribution in [0.5, 0.6) is 5.75 Å². The van der Waals surface area contributed by atoms with Gasteiger partial charge in [0.25, 0.3) is 0 Å². The van der Waals surface area contributed by atoms with Crippen molar-refractivity contribution in [2.75, 3.05) is 0 Å². The summed E-state index contributed by atoms with van der Waals surface area (Å²) in [7, 11) is 0. The minimum absolute atomic E-state index is 0.166. The molecule has 2 aromatic heterocycles. The van der Waals surface area contributed by atoms with Crippen molar-refractivity contribution in [1.29, 1.82) is 0 Å². The molecule has 0 saturated heterocycles.